The Kier molecular flexibility index (Phi) is 4.91. The predicted molar refractivity (Wildman–Crippen MR) is 94.1 cm³/mol. The molecule has 2 atom stereocenters. The van der Waals surface area contributed by atoms with E-state index in [1.807, 2.05) is 0 Å². The number of piperazine rings is 1. The van der Waals surface area contributed by atoms with Crippen molar-refractivity contribution in [1.82, 2.24) is 10.2 Å². The van der Waals surface area contributed by atoms with Crippen molar-refractivity contribution in [3.8, 4) is 11.1 Å². The van der Waals surface area contributed by atoms with Crippen molar-refractivity contribution in [2.75, 3.05) is 19.6 Å². The average Bonchev–Trinajstić information content (AvgIpc) is 2.53. The Morgan fingerprint density at radius 1 is 0.864 bits per heavy atom. The van der Waals surface area contributed by atoms with Crippen LogP contribution in [0.1, 0.15) is 19.4 Å². The van der Waals surface area contributed by atoms with Crippen LogP contribution >= 0.6 is 0 Å². The van der Waals surface area contributed by atoms with Crippen LogP contribution in [-0.2, 0) is 6.42 Å². The van der Waals surface area contributed by atoms with Gasteiger partial charge in [-0.2, -0.15) is 0 Å². The zero-order valence-corrected chi connectivity index (χ0v) is 13.6. The van der Waals surface area contributed by atoms with Gasteiger partial charge < -0.3 is 5.32 Å². The lowest BCUT2D eigenvalue weighted by Gasteiger charge is -2.36. The molecule has 1 aliphatic rings. The van der Waals surface area contributed by atoms with E-state index in [0.717, 1.165) is 26.1 Å². The van der Waals surface area contributed by atoms with Gasteiger partial charge in [-0.1, -0.05) is 54.6 Å². The second kappa shape index (κ2) is 7.08. The highest BCUT2D eigenvalue weighted by Crippen LogP contribution is 2.19. The molecule has 0 unspecified atom stereocenters. The van der Waals surface area contributed by atoms with Gasteiger partial charge in [-0.05, 0) is 37.0 Å². The fraction of sp³-hybridized carbons (Fsp3) is 0.400. The van der Waals surface area contributed by atoms with E-state index in [-0.39, 0.29) is 0 Å². The number of nitrogens with zero attached hydrogens (tertiary/aromatic N) is 1. The Balaban J connectivity index is 1.57. The number of benzene rings is 2. The van der Waals surface area contributed by atoms with Gasteiger partial charge in [0.1, 0.15) is 0 Å². The third-order valence-electron chi connectivity index (χ3n) is 4.41. The SMILES string of the molecule is C[C@@H]1CN(CCc2ccc(-c3ccccc3)cc2)C[C@H](C)N1. The predicted octanol–water partition coefficient (Wildman–Crippen LogP) is 3.58. The first-order valence-electron chi connectivity index (χ1n) is 8.33. The molecule has 3 rings (SSSR count). The Morgan fingerprint density at radius 3 is 2.09 bits per heavy atom. The molecule has 2 aromatic carbocycles. The minimum atomic E-state index is 0.601. The van der Waals surface area contributed by atoms with E-state index in [4.69, 9.17) is 0 Å². The van der Waals surface area contributed by atoms with Crippen molar-refractivity contribution >= 4 is 0 Å². The fourth-order valence-electron chi connectivity index (χ4n) is 3.40. The number of hydrogen-bond acceptors (Lipinski definition) is 2. The molecule has 0 amide bonds. The first-order valence-corrected chi connectivity index (χ1v) is 8.33. The molecule has 22 heavy (non-hydrogen) atoms. The molecular formula is C20H26N2. The summed E-state index contributed by atoms with van der Waals surface area (Å²) in [5.41, 5.74) is 4.02. The van der Waals surface area contributed by atoms with Gasteiger partial charge in [0.2, 0.25) is 0 Å². The number of rotatable bonds is 4. The van der Waals surface area contributed by atoms with E-state index in [0.29, 0.717) is 12.1 Å². The zero-order chi connectivity index (χ0) is 15.4. The largest absolute Gasteiger partial charge is 0.309 e. The van der Waals surface area contributed by atoms with Crippen LogP contribution in [0, 0.1) is 0 Å². The lowest BCUT2D eigenvalue weighted by atomic mass is 10.0. The fourth-order valence-corrected chi connectivity index (χ4v) is 3.40. The van der Waals surface area contributed by atoms with Crippen molar-refractivity contribution < 1.29 is 0 Å². The van der Waals surface area contributed by atoms with Crippen LogP contribution in [0.4, 0.5) is 0 Å². The summed E-state index contributed by atoms with van der Waals surface area (Å²) in [5.74, 6) is 0. The summed E-state index contributed by atoms with van der Waals surface area (Å²) >= 11 is 0. The van der Waals surface area contributed by atoms with Crippen LogP contribution in [0.3, 0.4) is 0 Å². The van der Waals surface area contributed by atoms with Crippen LogP contribution < -0.4 is 5.32 Å². The molecule has 1 N–H and O–H groups in total. The Morgan fingerprint density at radius 2 is 1.45 bits per heavy atom. The van der Waals surface area contributed by atoms with E-state index >= 15 is 0 Å². The van der Waals surface area contributed by atoms with Crippen molar-refractivity contribution in [3.05, 3.63) is 60.2 Å². The lowest BCUT2D eigenvalue weighted by molar-refractivity contribution is 0.175. The van der Waals surface area contributed by atoms with Crippen LogP contribution in [-0.4, -0.2) is 36.6 Å². The van der Waals surface area contributed by atoms with Crippen molar-refractivity contribution in [2.24, 2.45) is 0 Å². The minimum Gasteiger partial charge on any atom is -0.309 e. The van der Waals surface area contributed by atoms with Gasteiger partial charge in [-0.3, -0.25) is 4.90 Å². The molecule has 0 saturated carbocycles. The molecule has 0 aliphatic carbocycles. The summed E-state index contributed by atoms with van der Waals surface area (Å²) in [6.45, 7) is 8.02. The van der Waals surface area contributed by atoms with E-state index in [9.17, 15) is 0 Å². The highest BCUT2D eigenvalue weighted by atomic mass is 15.2. The second-order valence-corrected chi connectivity index (χ2v) is 6.54. The molecule has 1 fully saturated rings. The maximum atomic E-state index is 3.59. The molecule has 2 nitrogen and oxygen atoms in total. The molecule has 0 bridgehead atoms. The van der Waals surface area contributed by atoms with Crippen molar-refractivity contribution in [3.63, 3.8) is 0 Å². The molecular weight excluding hydrogens is 268 g/mol. The van der Waals surface area contributed by atoms with Crippen molar-refractivity contribution in [2.45, 2.75) is 32.4 Å². The van der Waals surface area contributed by atoms with Crippen LogP contribution in [0.15, 0.2) is 54.6 Å². The van der Waals surface area contributed by atoms with Gasteiger partial charge in [0.05, 0.1) is 0 Å². The average molecular weight is 294 g/mol. The molecule has 1 aliphatic heterocycles. The Bertz CT molecular complexity index is 566. The molecule has 2 aromatic rings. The van der Waals surface area contributed by atoms with Gasteiger partial charge in [-0.15, -0.1) is 0 Å². The van der Waals surface area contributed by atoms with Crippen LogP contribution in [0.5, 0.6) is 0 Å². The zero-order valence-electron chi connectivity index (χ0n) is 13.6. The molecule has 1 saturated heterocycles. The molecule has 2 heteroatoms. The van der Waals surface area contributed by atoms with E-state index < -0.39 is 0 Å². The molecule has 116 valence electrons. The maximum Gasteiger partial charge on any atom is 0.0169 e. The van der Waals surface area contributed by atoms with Gasteiger partial charge >= 0.3 is 0 Å². The first-order chi connectivity index (χ1) is 10.7. The smallest absolute Gasteiger partial charge is 0.0169 e. The van der Waals surface area contributed by atoms with E-state index in [1.54, 1.807) is 0 Å². The summed E-state index contributed by atoms with van der Waals surface area (Å²) in [6.07, 6.45) is 1.13. The topological polar surface area (TPSA) is 15.3 Å². The summed E-state index contributed by atoms with van der Waals surface area (Å²) in [6, 6.07) is 20.8. The van der Waals surface area contributed by atoms with Crippen LogP contribution in [0.25, 0.3) is 11.1 Å². The van der Waals surface area contributed by atoms with E-state index in [2.05, 4.69) is 78.7 Å². The van der Waals surface area contributed by atoms with Crippen molar-refractivity contribution in [1.29, 1.82) is 0 Å². The van der Waals surface area contributed by atoms with Gasteiger partial charge in [0, 0.05) is 31.7 Å². The minimum absolute atomic E-state index is 0.601. The normalized spacial score (nSPS) is 22.6. The highest BCUT2D eigenvalue weighted by Gasteiger charge is 2.20. The highest BCUT2D eigenvalue weighted by molar-refractivity contribution is 5.63. The first kappa shape index (κ1) is 15.3. The quantitative estimate of drug-likeness (QED) is 0.927. The third kappa shape index (κ3) is 3.96. The summed E-state index contributed by atoms with van der Waals surface area (Å²) in [5, 5.41) is 3.59. The summed E-state index contributed by atoms with van der Waals surface area (Å²) in [7, 11) is 0. The molecule has 0 aromatic heterocycles. The maximum absolute atomic E-state index is 3.59. The lowest BCUT2D eigenvalue weighted by Crippen LogP contribution is -2.54. The number of hydrogen-bond donors (Lipinski definition) is 1. The van der Waals surface area contributed by atoms with Crippen LogP contribution in [0.2, 0.25) is 0 Å². The molecule has 0 radical (unpaired) electrons. The van der Waals surface area contributed by atoms with Gasteiger partial charge in [-0.25, -0.2) is 0 Å². The third-order valence-corrected chi connectivity index (χ3v) is 4.41. The molecule has 1 heterocycles. The standard InChI is InChI=1S/C20H26N2/c1-16-14-22(15-17(2)21-16)13-12-18-8-10-20(11-9-18)19-6-4-3-5-7-19/h3-11,16-17,21H,12-15H2,1-2H3/t16-,17+. The Hall–Kier alpha value is -1.64. The summed E-state index contributed by atoms with van der Waals surface area (Å²) < 4.78 is 0. The molecule has 0 spiro atoms. The number of nitrogens with one attached hydrogen (secondary N) is 1. The summed E-state index contributed by atoms with van der Waals surface area (Å²) in [4.78, 5) is 2.58. The van der Waals surface area contributed by atoms with Gasteiger partial charge in [0.25, 0.3) is 0 Å². The monoisotopic (exact) mass is 294 g/mol. The Labute approximate surface area is 134 Å². The second-order valence-electron chi connectivity index (χ2n) is 6.54. The van der Waals surface area contributed by atoms with E-state index in [1.165, 1.54) is 16.7 Å². The van der Waals surface area contributed by atoms with Gasteiger partial charge in [0.15, 0.2) is 0 Å².